The van der Waals surface area contributed by atoms with Crippen LogP contribution in [-0.4, -0.2) is 115 Å². The maximum absolute atomic E-state index is 12.6. The maximum Gasteiger partial charge on any atom is 0.291 e. The zero-order valence-corrected chi connectivity index (χ0v) is 56.8. The number of furan rings is 1. The summed E-state index contributed by atoms with van der Waals surface area (Å²) in [6.07, 6.45) is 2.82. The molecule has 6 aromatic heterocycles. The van der Waals surface area contributed by atoms with Crippen molar-refractivity contribution in [3.05, 3.63) is 269 Å². The van der Waals surface area contributed by atoms with Gasteiger partial charge in [0.1, 0.15) is 0 Å². The molecule has 0 aliphatic heterocycles. The molecule has 6 heterocycles. The SMILES string of the molecule is CC(C)[C@@H](CO)NC(=O)c1ccc2[nH]nc(C(=O)Nc3ccccc3)c2c1.CS(=O)(=O)Nc1ccc2[nH]nc(C(=O)Nc3ccccc3)c2c1.O=C(Cc1cccs1)Nc1ccc2[nH]nc(C(=O)Nc3ccccc3)c2c1.O=C(Nc1ccc2[nH]nc(C(=O)Nc3ccccc3)c2c1)c1ccco1. The summed E-state index contributed by atoms with van der Waals surface area (Å²) in [7, 11) is -3.39. The number of thiophene rings is 1. The van der Waals surface area contributed by atoms with Crippen LogP contribution >= 0.6 is 11.3 Å². The largest absolute Gasteiger partial charge is 0.459 e. The Kier molecular flexibility index (Phi) is 22.7. The first kappa shape index (κ1) is 70.9. The number of fused-ring (bicyclic) bond motifs is 4. The lowest BCUT2D eigenvalue weighted by atomic mass is 10.0. The molecule has 0 aliphatic carbocycles. The molecule has 13 N–H and O–H groups in total. The number of benzene rings is 8. The molecule has 1 atom stereocenters. The molecule has 0 fully saturated rings. The van der Waals surface area contributed by atoms with E-state index in [0.29, 0.717) is 89.9 Å². The molecular formula is C74H66N16O11S2. The summed E-state index contributed by atoms with van der Waals surface area (Å²) in [5, 5.41) is 60.8. The number of amides is 7. The van der Waals surface area contributed by atoms with Crippen LogP contribution in [-0.2, 0) is 21.2 Å². The van der Waals surface area contributed by atoms with E-state index in [1.165, 1.54) is 6.26 Å². The number of sulfonamides is 1. The maximum atomic E-state index is 12.6. The van der Waals surface area contributed by atoms with Crippen molar-refractivity contribution >= 4 is 146 Å². The summed E-state index contributed by atoms with van der Waals surface area (Å²) in [4.78, 5) is 87.8. The van der Waals surface area contributed by atoms with Crippen LogP contribution in [0.4, 0.5) is 39.8 Å². The van der Waals surface area contributed by atoms with Gasteiger partial charge in [-0.2, -0.15) is 20.4 Å². The Morgan fingerprint density at radius 3 is 1.20 bits per heavy atom. The van der Waals surface area contributed by atoms with E-state index in [0.717, 1.165) is 16.6 Å². The van der Waals surface area contributed by atoms with Crippen LogP contribution in [0.2, 0.25) is 0 Å². The quantitative estimate of drug-likeness (QED) is 0.0358. The van der Waals surface area contributed by atoms with E-state index < -0.39 is 10.0 Å². The number of hydrogen-bond donors (Lipinski definition) is 13. The third kappa shape index (κ3) is 18.9. The van der Waals surface area contributed by atoms with Gasteiger partial charge in [-0.25, -0.2) is 8.42 Å². The molecule has 29 heteroatoms. The highest BCUT2D eigenvalue weighted by Gasteiger charge is 2.22. The second-order valence-electron chi connectivity index (χ2n) is 23.2. The molecule has 103 heavy (non-hydrogen) atoms. The standard InChI is InChI=1S/C20H22N4O3.C20H16N4O2S.C19H14N4O3.C15H14N4O3S/c1-12(2)17(11-25)22-19(26)13-8-9-16-15(10-13)18(24-23-16)20(27)21-14-6-4-3-5-7-14;25-18(12-15-7-4-10-27-15)21-14-8-9-17-16(11-14)19(24-23-17)20(26)22-13-5-2-1-3-6-13;24-18(16-7-4-10-26-16)21-13-8-9-15-14(11-13)17(23-22-15)19(25)20-12-5-2-1-3-6-12;1-23(21,22)19-11-7-8-13-12(9-11)14(18-17-13)15(20)16-10-5-3-2-4-6-10/h3-10,12,17,25H,11H2,1-2H3,(H,21,27)(H,22,26)(H,23,24);1-11H,12H2,(H,21,25)(H,22,26)(H,23,24);1-11H,(H,20,25)(H,21,24)(H,22,23);2-9,19H,1H3,(H,16,20)(H,17,18)/t17-;;;/m1.../s1. The zero-order valence-electron chi connectivity index (χ0n) is 55.1. The molecular weight excluding hydrogens is 1350 g/mol. The number of aromatic nitrogens is 8. The summed E-state index contributed by atoms with van der Waals surface area (Å²) in [6, 6.07) is 63.4. The van der Waals surface area contributed by atoms with Crippen molar-refractivity contribution in [3.8, 4) is 0 Å². The highest BCUT2D eigenvalue weighted by Crippen LogP contribution is 2.27. The smallest absolute Gasteiger partial charge is 0.291 e. The predicted octanol–water partition coefficient (Wildman–Crippen LogP) is 12.5. The highest BCUT2D eigenvalue weighted by atomic mass is 32.2. The van der Waals surface area contributed by atoms with Crippen LogP contribution in [0.1, 0.15) is 81.6 Å². The topological polar surface area (TPSA) is 398 Å². The van der Waals surface area contributed by atoms with E-state index in [2.05, 4.69) is 82.7 Å². The van der Waals surface area contributed by atoms with Crippen LogP contribution in [0.5, 0.6) is 0 Å². The molecule has 7 amide bonds. The second-order valence-corrected chi connectivity index (χ2v) is 26.0. The molecule has 520 valence electrons. The Labute approximate surface area is 591 Å². The summed E-state index contributed by atoms with van der Waals surface area (Å²) in [5.74, 6) is -1.85. The minimum Gasteiger partial charge on any atom is -0.459 e. The summed E-state index contributed by atoms with van der Waals surface area (Å²) < 4.78 is 30.1. The number of nitrogens with zero attached hydrogens (tertiary/aromatic N) is 4. The van der Waals surface area contributed by atoms with E-state index >= 15 is 0 Å². The van der Waals surface area contributed by atoms with Crippen LogP contribution in [0, 0.1) is 5.92 Å². The normalized spacial score (nSPS) is 11.2. The Hall–Kier alpha value is -13.4. The molecule has 0 unspecified atom stereocenters. The van der Waals surface area contributed by atoms with Crippen molar-refractivity contribution in [2.24, 2.45) is 5.92 Å². The summed E-state index contributed by atoms with van der Waals surface area (Å²) in [6.45, 7) is 3.71. The van der Waals surface area contributed by atoms with Gasteiger partial charge < -0.3 is 46.7 Å². The van der Waals surface area contributed by atoms with Crippen molar-refractivity contribution in [2.45, 2.75) is 26.3 Å². The van der Waals surface area contributed by atoms with Crippen molar-refractivity contribution < 1.29 is 51.5 Å². The minimum absolute atomic E-state index is 0.101. The third-order valence-electron chi connectivity index (χ3n) is 15.3. The molecule has 0 saturated carbocycles. The highest BCUT2D eigenvalue weighted by molar-refractivity contribution is 7.92. The molecule has 27 nitrogen and oxygen atoms in total. The number of anilines is 7. The molecule has 0 saturated heterocycles. The number of H-pyrrole nitrogens is 4. The van der Waals surface area contributed by atoms with Crippen LogP contribution in [0.3, 0.4) is 0 Å². The number of para-hydroxylation sites is 4. The fourth-order valence-corrected chi connectivity index (χ4v) is 11.5. The van der Waals surface area contributed by atoms with E-state index in [9.17, 15) is 47.1 Å². The van der Waals surface area contributed by atoms with Crippen molar-refractivity contribution in [2.75, 3.05) is 49.5 Å². The van der Waals surface area contributed by atoms with Gasteiger partial charge in [-0.15, -0.1) is 11.3 Å². The Balaban J connectivity index is 0.000000138. The molecule has 14 rings (SSSR count). The van der Waals surface area contributed by atoms with E-state index in [1.54, 1.807) is 133 Å². The third-order valence-corrected chi connectivity index (χ3v) is 16.8. The van der Waals surface area contributed by atoms with Crippen LogP contribution in [0.25, 0.3) is 43.6 Å². The average Bonchev–Trinajstić information content (AvgIpc) is 1.70. The van der Waals surface area contributed by atoms with E-state index in [-0.39, 0.29) is 88.5 Å². The number of aliphatic hydroxyl groups excluding tert-OH is 1. The fourth-order valence-electron chi connectivity index (χ4n) is 10.2. The van der Waals surface area contributed by atoms with Crippen molar-refractivity contribution in [1.82, 2.24) is 46.1 Å². The second kappa shape index (κ2) is 33.0. The molecule has 0 radical (unpaired) electrons. The monoisotopic (exact) mass is 1420 g/mol. The predicted molar refractivity (Wildman–Crippen MR) is 397 cm³/mol. The minimum atomic E-state index is -3.39. The number of aliphatic hydroxyl groups is 1. The van der Waals surface area contributed by atoms with E-state index in [1.807, 2.05) is 116 Å². The first-order chi connectivity index (χ1) is 49.8. The average molecular weight is 1420 g/mol. The number of carbonyl (C=O) groups excluding carboxylic acids is 7. The van der Waals surface area contributed by atoms with Gasteiger partial charge in [0.25, 0.3) is 35.4 Å². The van der Waals surface area contributed by atoms with Gasteiger partial charge in [-0.1, -0.05) is 92.7 Å². The number of aromatic amines is 4. The Morgan fingerprint density at radius 1 is 0.437 bits per heavy atom. The zero-order chi connectivity index (χ0) is 72.4. The van der Waals surface area contributed by atoms with Crippen molar-refractivity contribution in [1.29, 1.82) is 0 Å². The van der Waals surface area contributed by atoms with Gasteiger partial charge in [0.2, 0.25) is 15.9 Å². The van der Waals surface area contributed by atoms with Crippen LogP contribution in [0.15, 0.2) is 234 Å². The van der Waals surface area contributed by atoms with Crippen LogP contribution < -0.4 is 41.9 Å². The van der Waals surface area contributed by atoms with Gasteiger partial charge in [-0.05, 0) is 151 Å². The van der Waals surface area contributed by atoms with E-state index in [4.69, 9.17) is 4.42 Å². The van der Waals surface area contributed by atoms with Gasteiger partial charge in [0.15, 0.2) is 28.5 Å². The van der Waals surface area contributed by atoms with Gasteiger partial charge >= 0.3 is 0 Å². The molecule has 0 bridgehead atoms. The summed E-state index contributed by atoms with van der Waals surface area (Å²) >= 11 is 1.54. The summed E-state index contributed by atoms with van der Waals surface area (Å²) in [5.41, 5.74) is 8.27. The fraction of sp³-hybridized carbons (Fsp3) is 0.0946. The van der Waals surface area contributed by atoms with Crippen molar-refractivity contribution in [3.63, 3.8) is 0 Å². The molecule has 8 aromatic carbocycles. The lowest BCUT2D eigenvalue weighted by Crippen LogP contribution is -2.41. The molecule has 0 spiro atoms. The number of rotatable bonds is 19. The Morgan fingerprint density at radius 2 is 0.825 bits per heavy atom. The number of carbonyl (C=O) groups is 7. The first-order valence-corrected chi connectivity index (χ1v) is 34.5. The number of nitrogens with one attached hydrogen (secondary N) is 12. The Bertz CT molecular complexity index is 5420. The molecule has 0 aliphatic rings. The number of hydrogen-bond acceptors (Lipinski definition) is 16. The first-order valence-electron chi connectivity index (χ1n) is 31.8. The van der Waals surface area contributed by atoms with Gasteiger partial charge in [-0.3, -0.25) is 58.7 Å². The van der Waals surface area contributed by atoms with Gasteiger partial charge in [0.05, 0.1) is 53.7 Å². The lowest BCUT2D eigenvalue weighted by molar-refractivity contribution is -0.115. The molecule has 14 aromatic rings. The lowest BCUT2D eigenvalue weighted by Gasteiger charge is -2.19. The van der Waals surface area contributed by atoms with Gasteiger partial charge in [0, 0.05) is 71.8 Å².